The highest BCUT2D eigenvalue weighted by molar-refractivity contribution is 6.35. The summed E-state index contributed by atoms with van der Waals surface area (Å²) in [4.78, 5) is 7.52. The number of hydrogen-bond donors (Lipinski definition) is 1. The van der Waals surface area contributed by atoms with Crippen LogP contribution in [0.3, 0.4) is 0 Å². The second-order valence-corrected chi connectivity index (χ2v) is 4.92. The lowest BCUT2D eigenvalue weighted by Crippen LogP contribution is -1.93. The van der Waals surface area contributed by atoms with E-state index in [1.807, 2.05) is 25.3 Å². The van der Waals surface area contributed by atoms with Gasteiger partial charge in [0.15, 0.2) is 0 Å². The van der Waals surface area contributed by atoms with Crippen molar-refractivity contribution in [1.82, 2.24) is 9.97 Å². The summed E-state index contributed by atoms with van der Waals surface area (Å²) in [7, 11) is 0. The number of aromatic amines is 1. The molecule has 2 rings (SSSR count). The third-order valence-electron chi connectivity index (χ3n) is 2.63. The number of nitrogens with zero attached hydrogens (tertiary/aromatic N) is 1. The topological polar surface area (TPSA) is 28.7 Å². The fraction of sp³-hybridized carbons (Fsp3) is 0.308. The molecule has 1 heterocycles. The Kier molecular flexibility index (Phi) is 4.08. The van der Waals surface area contributed by atoms with Crippen LogP contribution in [0.1, 0.15) is 23.5 Å². The largest absolute Gasteiger partial charge is 0.348 e. The van der Waals surface area contributed by atoms with Crippen molar-refractivity contribution in [3.8, 4) is 0 Å². The predicted octanol–water partition coefficient (Wildman–Crippen LogP) is 4.20. The van der Waals surface area contributed by atoms with Gasteiger partial charge in [0.2, 0.25) is 0 Å². The molecule has 1 N–H and O–H groups in total. The van der Waals surface area contributed by atoms with Crippen molar-refractivity contribution in [1.29, 1.82) is 0 Å². The quantitative estimate of drug-likeness (QED) is 0.885. The van der Waals surface area contributed by atoms with Crippen LogP contribution in [-0.4, -0.2) is 9.97 Å². The molecular weight excluding hydrogens is 255 g/mol. The third kappa shape index (κ3) is 3.48. The maximum absolute atomic E-state index is 6.11. The van der Waals surface area contributed by atoms with Crippen molar-refractivity contribution in [2.24, 2.45) is 0 Å². The van der Waals surface area contributed by atoms with Crippen molar-refractivity contribution in [3.63, 3.8) is 0 Å². The zero-order valence-corrected chi connectivity index (χ0v) is 11.1. The Bertz CT molecular complexity index is 506. The number of benzene rings is 1. The van der Waals surface area contributed by atoms with Crippen molar-refractivity contribution in [2.45, 2.75) is 26.2 Å². The molecule has 0 spiro atoms. The molecule has 0 amide bonds. The van der Waals surface area contributed by atoms with Gasteiger partial charge in [0, 0.05) is 22.7 Å². The van der Waals surface area contributed by atoms with Crippen LogP contribution in [-0.2, 0) is 12.8 Å². The molecule has 0 fully saturated rings. The van der Waals surface area contributed by atoms with Gasteiger partial charge in [-0.2, -0.15) is 0 Å². The number of imidazole rings is 1. The number of halogens is 2. The van der Waals surface area contributed by atoms with E-state index in [1.54, 1.807) is 6.07 Å². The maximum Gasteiger partial charge on any atom is 0.106 e. The Morgan fingerprint density at radius 3 is 2.71 bits per heavy atom. The van der Waals surface area contributed by atoms with Gasteiger partial charge in [0.25, 0.3) is 0 Å². The summed E-state index contributed by atoms with van der Waals surface area (Å²) in [6.07, 6.45) is 4.82. The summed E-state index contributed by atoms with van der Waals surface area (Å²) in [5.74, 6) is 1.03. The molecule has 0 unspecified atom stereocenters. The standard InChI is InChI=1S/C13H14Cl2N2/c1-9-8-16-13(17-9)4-2-3-10-5-6-11(14)7-12(10)15/h5-8H,2-4H2,1H3,(H,16,17). The van der Waals surface area contributed by atoms with Crippen LogP contribution in [0.4, 0.5) is 0 Å². The van der Waals surface area contributed by atoms with Crippen LogP contribution in [0.15, 0.2) is 24.4 Å². The van der Waals surface area contributed by atoms with E-state index < -0.39 is 0 Å². The highest BCUT2D eigenvalue weighted by Gasteiger charge is 2.03. The molecule has 0 aliphatic rings. The first kappa shape index (κ1) is 12.5. The molecule has 0 aliphatic carbocycles. The SMILES string of the molecule is Cc1c[nH]c(CCCc2ccc(Cl)cc2Cl)n1. The molecule has 0 atom stereocenters. The van der Waals surface area contributed by atoms with Gasteiger partial charge in [0.1, 0.15) is 5.82 Å². The van der Waals surface area contributed by atoms with Crippen molar-refractivity contribution >= 4 is 23.2 Å². The Morgan fingerprint density at radius 2 is 2.06 bits per heavy atom. The first-order chi connectivity index (χ1) is 8.15. The van der Waals surface area contributed by atoms with E-state index in [0.717, 1.165) is 41.4 Å². The van der Waals surface area contributed by atoms with Crippen LogP contribution in [0.2, 0.25) is 10.0 Å². The van der Waals surface area contributed by atoms with E-state index in [4.69, 9.17) is 23.2 Å². The number of hydrogen-bond acceptors (Lipinski definition) is 1. The third-order valence-corrected chi connectivity index (χ3v) is 3.22. The summed E-state index contributed by atoms with van der Waals surface area (Å²) < 4.78 is 0. The summed E-state index contributed by atoms with van der Waals surface area (Å²) in [6.45, 7) is 1.98. The molecule has 0 aliphatic heterocycles. The van der Waals surface area contributed by atoms with Crippen molar-refractivity contribution in [3.05, 3.63) is 51.5 Å². The summed E-state index contributed by atoms with van der Waals surface area (Å²) >= 11 is 12.0. The van der Waals surface area contributed by atoms with E-state index >= 15 is 0 Å². The molecule has 2 nitrogen and oxygen atoms in total. The first-order valence-electron chi connectivity index (χ1n) is 5.60. The van der Waals surface area contributed by atoms with Crippen LogP contribution >= 0.6 is 23.2 Å². The molecule has 1 aromatic heterocycles. The minimum Gasteiger partial charge on any atom is -0.348 e. The fourth-order valence-corrected chi connectivity index (χ4v) is 2.27. The van der Waals surface area contributed by atoms with E-state index in [-0.39, 0.29) is 0 Å². The number of aromatic nitrogens is 2. The van der Waals surface area contributed by atoms with Gasteiger partial charge in [-0.05, 0) is 37.5 Å². The Hall–Kier alpha value is -0.990. The second kappa shape index (κ2) is 5.56. The Labute approximate surface area is 111 Å². The summed E-state index contributed by atoms with van der Waals surface area (Å²) in [5, 5.41) is 1.42. The van der Waals surface area contributed by atoms with Gasteiger partial charge in [-0.1, -0.05) is 29.3 Å². The molecule has 0 saturated carbocycles. The smallest absolute Gasteiger partial charge is 0.106 e. The van der Waals surface area contributed by atoms with E-state index in [1.165, 1.54) is 0 Å². The summed E-state index contributed by atoms with van der Waals surface area (Å²) in [6, 6.07) is 5.65. The molecule has 90 valence electrons. The first-order valence-corrected chi connectivity index (χ1v) is 6.35. The average Bonchev–Trinajstić information content (AvgIpc) is 2.68. The monoisotopic (exact) mass is 268 g/mol. The zero-order valence-electron chi connectivity index (χ0n) is 9.63. The molecule has 17 heavy (non-hydrogen) atoms. The van der Waals surface area contributed by atoms with Crippen LogP contribution in [0.5, 0.6) is 0 Å². The van der Waals surface area contributed by atoms with Crippen LogP contribution in [0, 0.1) is 6.92 Å². The summed E-state index contributed by atoms with van der Waals surface area (Å²) in [5.41, 5.74) is 2.17. The van der Waals surface area contributed by atoms with E-state index in [9.17, 15) is 0 Å². The lowest BCUT2D eigenvalue weighted by molar-refractivity contribution is 0.782. The van der Waals surface area contributed by atoms with Crippen molar-refractivity contribution < 1.29 is 0 Å². The van der Waals surface area contributed by atoms with Crippen molar-refractivity contribution in [2.75, 3.05) is 0 Å². The average molecular weight is 269 g/mol. The van der Waals surface area contributed by atoms with E-state index in [2.05, 4.69) is 9.97 Å². The van der Waals surface area contributed by atoms with Gasteiger partial charge >= 0.3 is 0 Å². The molecule has 1 aromatic carbocycles. The Balaban J connectivity index is 1.90. The number of aryl methyl sites for hydroxylation is 3. The molecule has 4 heteroatoms. The molecule has 2 aromatic rings. The van der Waals surface area contributed by atoms with Crippen LogP contribution < -0.4 is 0 Å². The minimum atomic E-state index is 0.681. The predicted molar refractivity (Wildman–Crippen MR) is 71.8 cm³/mol. The van der Waals surface area contributed by atoms with Gasteiger partial charge in [-0.3, -0.25) is 0 Å². The van der Waals surface area contributed by atoms with Gasteiger partial charge in [-0.15, -0.1) is 0 Å². The van der Waals surface area contributed by atoms with Crippen LogP contribution in [0.25, 0.3) is 0 Å². The molecule has 0 radical (unpaired) electrons. The number of H-pyrrole nitrogens is 1. The normalized spacial score (nSPS) is 10.8. The lowest BCUT2D eigenvalue weighted by Gasteiger charge is -2.03. The highest BCUT2D eigenvalue weighted by Crippen LogP contribution is 2.22. The van der Waals surface area contributed by atoms with Gasteiger partial charge in [0.05, 0.1) is 5.69 Å². The van der Waals surface area contributed by atoms with Gasteiger partial charge in [-0.25, -0.2) is 4.98 Å². The fourth-order valence-electron chi connectivity index (χ4n) is 1.76. The maximum atomic E-state index is 6.11. The zero-order chi connectivity index (χ0) is 12.3. The molecule has 0 bridgehead atoms. The lowest BCUT2D eigenvalue weighted by atomic mass is 10.1. The van der Waals surface area contributed by atoms with E-state index in [0.29, 0.717) is 5.02 Å². The molecular formula is C13H14Cl2N2. The number of rotatable bonds is 4. The number of nitrogens with one attached hydrogen (secondary N) is 1. The Morgan fingerprint density at radius 1 is 1.24 bits per heavy atom. The highest BCUT2D eigenvalue weighted by atomic mass is 35.5. The second-order valence-electron chi connectivity index (χ2n) is 4.08. The minimum absolute atomic E-state index is 0.681. The van der Waals surface area contributed by atoms with Gasteiger partial charge < -0.3 is 4.98 Å². The molecule has 0 saturated heterocycles.